The number of benzene rings is 1. The van der Waals surface area contributed by atoms with Gasteiger partial charge in [0.15, 0.2) is 0 Å². The Kier molecular flexibility index (Phi) is 5.51. The minimum Gasteiger partial charge on any atom is -0.348 e. The Hall–Kier alpha value is -2.14. The fraction of sp³-hybridized carbons (Fsp3) is 0.375. The van der Waals surface area contributed by atoms with Crippen molar-refractivity contribution in [3.63, 3.8) is 0 Å². The van der Waals surface area contributed by atoms with Crippen LogP contribution < -0.4 is 11.1 Å². The SMILES string of the molecule is CC(CCc1ccccc1)NC(=O)c1cn(CCN)cn1. The van der Waals surface area contributed by atoms with Gasteiger partial charge in [0.05, 0.1) is 6.33 Å². The molecule has 5 nitrogen and oxygen atoms in total. The van der Waals surface area contributed by atoms with Gasteiger partial charge >= 0.3 is 0 Å². The highest BCUT2D eigenvalue weighted by molar-refractivity contribution is 5.92. The first kappa shape index (κ1) is 15.3. The van der Waals surface area contributed by atoms with E-state index in [9.17, 15) is 4.79 Å². The second kappa shape index (κ2) is 7.59. The molecule has 2 aromatic rings. The summed E-state index contributed by atoms with van der Waals surface area (Å²) in [4.78, 5) is 16.2. The largest absolute Gasteiger partial charge is 0.348 e. The summed E-state index contributed by atoms with van der Waals surface area (Å²) in [5.41, 5.74) is 7.20. The molecule has 0 aliphatic carbocycles. The first-order chi connectivity index (χ1) is 10.2. The lowest BCUT2D eigenvalue weighted by Crippen LogP contribution is -2.33. The van der Waals surface area contributed by atoms with Gasteiger partial charge in [-0.2, -0.15) is 0 Å². The van der Waals surface area contributed by atoms with Gasteiger partial charge in [-0.3, -0.25) is 4.79 Å². The zero-order valence-corrected chi connectivity index (χ0v) is 12.3. The molecule has 1 unspecified atom stereocenters. The zero-order valence-electron chi connectivity index (χ0n) is 12.3. The molecule has 3 N–H and O–H groups in total. The average Bonchev–Trinajstić information content (AvgIpc) is 2.95. The molecule has 0 spiro atoms. The van der Waals surface area contributed by atoms with E-state index in [1.165, 1.54) is 5.56 Å². The number of nitrogens with zero attached hydrogens (tertiary/aromatic N) is 2. The van der Waals surface area contributed by atoms with Crippen LogP contribution in [0.2, 0.25) is 0 Å². The van der Waals surface area contributed by atoms with Crippen LogP contribution in [0, 0.1) is 0 Å². The van der Waals surface area contributed by atoms with Crippen molar-refractivity contribution in [2.24, 2.45) is 5.73 Å². The quantitative estimate of drug-likeness (QED) is 0.812. The Bertz CT molecular complexity index is 565. The average molecular weight is 286 g/mol. The number of aromatic nitrogens is 2. The molecule has 0 saturated carbocycles. The lowest BCUT2D eigenvalue weighted by atomic mass is 10.1. The summed E-state index contributed by atoms with van der Waals surface area (Å²) in [6, 6.07) is 10.4. The van der Waals surface area contributed by atoms with Crippen LogP contribution in [0.15, 0.2) is 42.9 Å². The number of hydrogen-bond donors (Lipinski definition) is 2. The Labute approximate surface area is 125 Å². The normalized spacial score (nSPS) is 12.1. The van der Waals surface area contributed by atoms with Gasteiger partial charge < -0.3 is 15.6 Å². The van der Waals surface area contributed by atoms with Gasteiger partial charge in [0.2, 0.25) is 0 Å². The van der Waals surface area contributed by atoms with E-state index in [-0.39, 0.29) is 11.9 Å². The van der Waals surface area contributed by atoms with Crippen LogP contribution in [0.3, 0.4) is 0 Å². The summed E-state index contributed by atoms with van der Waals surface area (Å²) in [5, 5.41) is 2.98. The lowest BCUT2D eigenvalue weighted by Gasteiger charge is -2.12. The molecule has 0 saturated heterocycles. The van der Waals surface area contributed by atoms with E-state index < -0.39 is 0 Å². The Balaban J connectivity index is 1.81. The van der Waals surface area contributed by atoms with Crippen LogP contribution >= 0.6 is 0 Å². The Morgan fingerprint density at radius 2 is 2.14 bits per heavy atom. The zero-order chi connectivity index (χ0) is 15.1. The molecule has 0 fully saturated rings. The third-order valence-electron chi connectivity index (χ3n) is 3.34. The molecule has 0 bridgehead atoms. The van der Waals surface area contributed by atoms with Gasteiger partial charge in [0.1, 0.15) is 5.69 Å². The number of carbonyl (C=O) groups is 1. The molecule has 1 atom stereocenters. The maximum atomic E-state index is 12.1. The van der Waals surface area contributed by atoms with Gasteiger partial charge in [0.25, 0.3) is 5.91 Å². The summed E-state index contributed by atoms with van der Waals surface area (Å²) in [6.45, 7) is 3.21. The molecular weight excluding hydrogens is 264 g/mol. The molecule has 2 rings (SSSR count). The second-order valence-electron chi connectivity index (χ2n) is 5.18. The van der Waals surface area contributed by atoms with E-state index in [1.54, 1.807) is 12.5 Å². The van der Waals surface area contributed by atoms with Crippen LogP contribution in [-0.4, -0.2) is 28.0 Å². The van der Waals surface area contributed by atoms with E-state index in [0.29, 0.717) is 18.8 Å². The van der Waals surface area contributed by atoms with E-state index >= 15 is 0 Å². The van der Waals surface area contributed by atoms with E-state index in [1.807, 2.05) is 29.7 Å². The fourth-order valence-corrected chi connectivity index (χ4v) is 2.15. The number of imidazole rings is 1. The molecule has 0 aliphatic rings. The summed E-state index contributed by atoms with van der Waals surface area (Å²) in [5.74, 6) is -0.133. The summed E-state index contributed by atoms with van der Waals surface area (Å²) < 4.78 is 1.82. The summed E-state index contributed by atoms with van der Waals surface area (Å²) >= 11 is 0. The maximum absolute atomic E-state index is 12.1. The summed E-state index contributed by atoms with van der Waals surface area (Å²) in [7, 11) is 0. The monoisotopic (exact) mass is 286 g/mol. The lowest BCUT2D eigenvalue weighted by molar-refractivity contribution is 0.0934. The van der Waals surface area contributed by atoms with E-state index in [0.717, 1.165) is 12.8 Å². The highest BCUT2D eigenvalue weighted by atomic mass is 16.1. The highest BCUT2D eigenvalue weighted by Crippen LogP contribution is 2.05. The third-order valence-corrected chi connectivity index (χ3v) is 3.34. The highest BCUT2D eigenvalue weighted by Gasteiger charge is 2.12. The van der Waals surface area contributed by atoms with Gasteiger partial charge in [-0.1, -0.05) is 30.3 Å². The molecule has 21 heavy (non-hydrogen) atoms. The number of carbonyl (C=O) groups excluding carboxylic acids is 1. The molecule has 1 heterocycles. The molecule has 112 valence electrons. The molecule has 1 amide bonds. The van der Waals surface area contributed by atoms with Crippen molar-refractivity contribution in [1.82, 2.24) is 14.9 Å². The predicted molar refractivity (Wildman–Crippen MR) is 83.0 cm³/mol. The van der Waals surface area contributed by atoms with Crippen LogP contribution in [-0.2, 0) is 13.0 Å². The molecule has 5 heteroatoms. The standard InChI is InChI=1S/C16H22N4O/c1-13(7-8-14-5-3-2-4-6-14)19-16(21)15-11-20(10-9-17)12-18-15/h2-6,11-13H,7-10,17H2,1H3,(H,19,21). The van der Waals surface area contributed by atoms with Gasteiger partial charge in [-0.25, -0.2) is 4.98 Å². The molecular formula is C16H22N4O. The van der Waals surface area contributed by atoms with E-state index in [4.69, 9.17) is 5.73 Å². The number of nitrogens with two attached hydrogens (primary N) is 1. The van der Waals surface area contributed by atoms with Crippen molar-refractivity contribution in [2.75, 3.05) is 6.54 Å². The topological polar surface area (TPSA) is 72.9 Å². The summed E-state index contributed by atoms with van der Waals surface area (Å²) in [6.07, 6.45) is 5.21. The van der Waals surface area contributed by atoms with Crippen LogP contribution in [0.25, 0.3) is 0 Å². The number of nitrogens with one attached hydrogen (secondary N) is 1. The number of aryl methyl sites for hydroxylation is 1. The molecule has 0 aliphatic heterocycles. The molecule has 0 radical (unpaired) electrons. The number of amides is 1. The van der Waals surface area contributed by atoms with Gasteiger partial charge in [-0.05, 0) is 25.3 Å². The van der Waals surface area contributed by atoms with Crippen LogP contribution in [0.5, 0.6) is 0 Å². The molecule has 1 aromatic heterocycles. The fourth-order valence-electron chi connectivity index (χ4n) is 2.15. The Morgan fingerprint density at radius 3 is 2.86 bits per heavy atom. The van der Waals surface area contributed by atoms with Crippen molar-refractivity contribution < 1.29 is 4.79 Å². The third kappa shape index (κ3) is 4.72. The van der Waals surface area contributed by atoms with Crippen LogP contribution in [0.4, 0.5) is 0 Å². The maximum Gasteiger partial charge on any atom is 0.271 e. The number of rotatable bonds is 7. The van der Waals surface area contributed by atoms with Gasteiger partial charge in [-0.15, -0.1) is 0 Å². The van der Waals surface area contributed by atoms with Gasteiger partial charge in [0, 0.05) is 25.3 Å². The minimum atomic E-state index is -0.133. The van der Waals surface area contributed by atoms with Crippen molar-refractivity contribution >= 4 is 5.91 Å². The smallest absolute Gasteiger partial charge is 0.271 e. The second-order valence-corrected chi connectivity index (χ2v) is 5.18. The van der Waals surface area contributed by atoms with Crippen molar-refractivity contribution in [1.29, 1.82) is 0 Å². The molecule has 1 aromatic carbocycles. The number of hydrogen-bond acceptors (Lipinski definition) is 3. The minimum absolute atomic E-state index is 0.109. The first-order valence-electron chi connectivity index (χ1n) is 7.25. The Morgan fingerprint density at radius 1 is 1.38 bits per heavy atom. The first-order valence-corrected chi connectivity index (χ1v) is 7.25. The van der Waals surface area contributed by atoms with Crippen molar-refractivity contribution in [3.8, 4) is 0 Å². The van der Waals surface area contributed by atoms with Crippen LogP contribution in [0.1, 0.15) is 29.4 Å². The predicted octanol–water partition coefficient (Wildman–Crippen LogP) is 1.59. The van der Waals surface area contributed by atoms with E-state index in [2.05, 4.69) is 22.4 Å². The van der Waals surface area contributed by atoms with Crippen molar-refractivity contribution in [2.45, 2.75) is 32.4 Å². The van der Waals surface area contributed by atoms with Crippen molar-refractivity contribution in [3.05, 3.63) is 54.1 Å².